The molecule has 2 atom stereocenters. The minimum atomic E-state index is -0.889. The van der Waals surface area contributed by atoms with Crippen molar-refractivity contribution < 1.29 is 10.2 Å². The molecule has 0 saturated heterocycles. The third-order valence-electron chi connectivity index (χ3n) is 2.78. The van der Waals surface area contributed by atoms with Gasteiger partial charge >= 0.3 is 0 Å². The van der Waals surface area contributed by atoms with Crippen molar-refractivity contribution in [3.8, 4) is 0 Å². The van der Waals surface area contributed by atoms with E-state index in [1.807, 2.05) is 19.1 Å². The Morgan fingerprint density at radius 2 is 2.00 bits per heavy atom. The molecule has 1 aromatic carbocycles. The molecule has 2 N–H and O–H groups in total. The van der Waals surface area contributed by atoms with Gasteiger partial charge in [-0.1, -0.05) is 43.5 Å². The summed E-state index contributed by atoms with van der Waals surface area (Å²) < 4.78 is 0. The SMILES string of the molecule is CCCC[C@H](O)[C@@H](O)c1c(C)cccc1Cl. The summed E-state index contributed by atoms with van der Waals surface area (Å²) in [5, 5.41) is 20.4. The number of rotatable bonds is 5. The molecule has 0 heterocycles. The van der Waals surface area contributed by atoms with E-state index in [-0.39, 0.29) is 0 Å². The largest absolute Gasteiger partial charge is 0.390 e. The standard InChI is InChI=1S/C13H19ClO2/c1-3-4-8-11(15)13(16)12-9(2)6-5-7-10(12)14/h5-7,11,13,15-16H,3-4,8H2,1-2H3/t11-,13+/m0/s1. The Bertz CT molecular complexity index is 318. The smallest absolute Gasteiger partial charge is 0.107 e. The number of benzene rings is 1. The van der Waals surface area contributed by atoms with Crippen LogP contribution in [0.5, 0.6) is 0 Å². The highest BCUT2D eigenvalue weighted by Gasteiger charge is 2.21. The molecule has 0 aromatic heterocycles. The van der Waals surface area contributed by atoms with Gasteiger partial charge in [-0.05, 0) is 25.0 Å². The Morgan fingerprint density at radius 3 is 2.56 bits per heavy atom. The molecular weight excluding hydrogens is 224 g/mol. The molecule has 0 bridgehead atoms. The minimum Gasteiger partial charge on any atom is -0.390 e. The first-order valence-corrected chi connectivity index (χ1v) is 6.06. The van der Waals surface area contributed by atoms with Crippen LogP contribution in [-0.2, 0) is 0 Å². The summed E-state index contributed by atoms with van der Waals surface area (Å²) in [6, 6.07) is 5.46. The summed E-state index contributed by atoms with van der Waals surface area (Å²) in [6.07, 6.45) is 0.883. The summed E-state index contributed by atoms with van der Waals surface area (Å²) in [5.41, 5.74) is 1.56. The van der Waals surface area contributed by atoms with Crippen LogP contribution in [0.4, 0.5) is 0 Å². The lowest BCUT2D eigenvalue weighted by Crippen LogP contribution is -2.19. The highest BCUT2D eigenvalue weighted by Crippen LogP contribution is 2.29. The van der Waals surface area contributed by atoms with Crippen LogP contribution in [-0.4, -0.2) is 16.3 Å². The Kier molecular flexibility index (Phi) is 5.26. The predicted octanol–water partition coefficient (Wildman–Crippen LogP) is 3.23. The lowest BCUT2D eigenvalue weighted by atomic mass is 9.96. The number of hydrogen-bond acceptors (Lipinski definition) is 2. The summed E-state index contributed by atoms with van der Waals surface area (Å²) in [6.45, 7) is 3.94. The van der Waals surface area contributed by atoms with Crippen LogP contribution in [0.3, 0.4) is 0 Å². The first kappa shape index (κ1) is 13.5. The number of halogens is 1. The fourth-order valence-corrected chi connectivity index (χ4v) is 2.12. The molecule has 2 nitrogen and oxygen atoms in total. The summed E-state index contributed by atoms with van der Waals surface area (Å²) in [4.78, 5) is 0. The zero-order chi connectivity index (χ0) is 12.1. The second-order valence-electron chi connectivity index (χ2n) is 4.12. The van der Waals surface area contributed by atoms with Gasteiger partial charge in [-0.25, -0.2) is 0 Å². The van der Waals surface area contributed by atoms with Crippen LogP contribution in [0.1, 0.15) is 43.4 Å². The highest BCUT2D eigenvalue weighted by molar-refractivity contribution is 6.31. The molecule has 16 heavy (non-hydrogen) atoms. The fraction of sp³-hybridized carbons (Fsp3) is 0.538. The second-order valence-corrected chi connectivity index (χ2v) is 4.53. The quantitative estimate of drug-likeness (QED) is 0.832. The number of aryl methyl sites for hydroxylation is 1. The molecule has 0 radical (unpaired) electrons. The van der Waals surface area contributed by atoms with E-state index in [1.54, 1.807) is 6.07 Å². The maximum Gasteiger partial charge on any atom is 0.107 e. The van der Waals surface area contributed by atoms with Crippen molar-refractivity contribution in [2.75, 3.05) is 0 Å². The van der Waals surface area contributed by atoms with Crippen molar-refractivity contribution >= 4 is 11.6 Å². The molecule has 0 saturated carbocycles. The molecule has 1 aromatic rings. The molecule has 90 valence electrons. The van der Waals surface area contributed by atoms with E-state index in [0.29, 0.717) is 17.0 Å². The Hall–Kier alpha value is -0.570. The summed E-state index contributed by atoms with van der Waals surface area (Å²) >= 11 is 6.03. The van der Waals surface area contributed by atoms with Crippen LogP contribution in [0, 0.1) is 6.92 Å². The van der Waals surface area contributed by atoms with Crippen LogP contribution in [0.25, 0.3) is 0 Å². The van der Waals surface area contributed by atoms with Crippen molar-refractivity contribution in [1.82, 2.24) is 0 Å². The van der Waals surface area contributed by atoms with Gasteiger partial charge in [-0.2, -0.15) is 0 Å². The van der Waals surface area contributed by atoms with Crippen LogP contribution >= 0.6 is 11.6 Å². The van der Waals surface area contributed by atoms with E-state index < -0.39 is 12.2 Å². The third-order valence-corrected chi connectivity index (χ3v) is 3.11. The number of aliphatic hydroxyl groups is 2. The monoisotopic (exact) mass is 242 g/mol. The van der Waals surface area contributed by atoms with Crippen molar-refractivity contribution in [3.05, 3.63) is 34.3 Å². The van der Waals surface area contributed by atoms with Gasteiger partial charge < -0.3 is 10.2 Å². The van der Waals surface area contributed by atoms with E-state index in [1.165, 1.54) is 0 Å². The van der Waals surface area contributed by atoms with Gasteiger partial charge in [0.1, 0.15) is 6.10 Å². The first-order chi connectivity index (χ1) is 7.57. The van der Waals surface area contributed by atoms with Crippen molar-refractivity contribution in [2.24, 2.45) is 0 Å². The third kappa shape index (κ3) is 3.21. The molecular formula is C13H19ClO2. The number of hydrogen-bond donors (Lipinski definition) is 2. The van der Waals surface area contributed by atoms with Crippen molar-refractivity contribution in [3.63, 3.8) is 0 Å². The predicted molar refractivity (Wildman–Crippen MR) is 66.7 cm³/mol. The average Bonchev–Trinajstić information content (AvgIpc) is 2.25. The normalized spacial score (nSPS) is 14.8. The molecule has 0 fully saturated rings. The molecule has 0 aliphatic carbocycles. The summed E-state index contributed by atoms with van der Waals surface area (Å²) in [5.74, 6) is 0. The van der Waals surface area contributed by atoms with E-state index in [0.717, 1.165) is 18.4 Å². The van der Waals surface area contributed by atoms with Crippen LogP contribution in [0.2, 0.25) is 5.02 Å². The zero-order valence-electron chi connectivity index (χ0n) is 9.78. The molecule has 0 amide bonds. The first-order valence-electron chi connectivity index (χ1n) is 5.69. The highest BCUT2D eigenvalue weighted by atomic mass is 35.5. The minimum absolute atomic E-state index is 0.517. The van der Waals surface area contributed by atoms with Gasteiger partial charge in [-0.3, -0.25) is 0 Å². The average molecular weight is 243 g/mol. The van der Waals surface area contributed by atoms with E-state index >= 15 is 0 Å². The molecule has 3 heteroatoms. The number of aliphatic hydroxyl groups excluding tert-OH is 2. The van der Waals surface area contributed by atoms with Gasteiger partial charge in [0, 0.05) is 10.6 Å². The van der Waals surface area contributed by atoms with E-state index in [9.17, 15) is 10.2 Å². The number of unbranched alkanes of at least 4 members (excludes halogenated alkanes) is 1. The molecule has 0 unspecified atom stereocenters. The summed E-state index contributed by atoms with van der Waals surface area (Å²) in [7, 11) is 0. The van der Waals surface area contributed by atoms with Crippen molar-refractivity contribution in [1.29, 1.82) is 0 Å². The fourth-order valence-electron chi connectivity index (χ4n) is 1.78. The lowest BCUT2D eigenvalue weighted by molar-refractivity contribution is 0.0119. The molecule has 0 spiro atoms. The lowest BCUT2D eigenvalue weighted by Gasteiger charge is -2.20. The molecule has 0 aliphatic heterocycles. The zero-order valence-corrected chi connectivity index (χ0v) is 10.5. The van der Waals surface area contributed by atoms with Gasteiger partial charge in [0.15, 0.2) is 0 Å². The van der Waals surface area contributed by atoms with Crippen LogP contribution in [0.15, 0.2) is 18.2 Å². The van der Waals surface area contributed by atoms with Gasteiger partial charge in [0.05, 0.1) is 6.10 Å². The van der Waals surface area contributed by atoms with E-state index in [2.05, 4.69) is 6.92 Å². The Balaban J connectivity index is 2.82. The van der Waals surface area contributed by atoms with E-state index in [4.69, 9.17) is 11.6 Å². The Labute approximate surface area is 102 Å². The maximum absolute atomic E-state index is 10.0. The van der Waals surface area contributed by atoms with Crippen molar-refractivity contribution in [2.45, 2.75) is 45.3 Å². The van der Waals surface area contributed by atoms with Crippen LogP contribution < -0.4 is 0 Å². The van der Waals surface area contributed by atoms with Gasteiger partial charge in [0.25, 0.3) is 0 Å². The second kappa shape index (κ2) is 6.24. The van der Waals surface area contributed by atoms with Gasteiger partial charge in [-0.15, -0.1) is 0 Å². The Morgan fingerprint density at radius 1 is 1.31 bits per heavy atom. The van der Waals surface area contributed by atoms with Gasteiger partial charge in [0.2, 0.25) is 0 Å². The molecule has 0 aliphatic rings. The topological polar surface area (TPSA) is 40.5 Å². The molecule has 1 rings (SSSR count). The maximum atomic E-state index is 10.0.